The molecule has 7 nitrogen and oxygen atoms in total. The van der Waals surface area contributed by atoms with Crippen molar-refractivity contribution in [3.8, 4) is 17.2 Å². The second-order valence-electron chi connectivity index (χ2n) is 6.33. The molecule has 1 N–H and O–H groups in total. The Balaban J connectivity index is 1.63. The topological polar surface area (TPSA) is 80.5 Å². The summed E-state index contributed by atoms with van der Waals surface area (Å²) in [7, 11) is 1.58. The fraction of sp³-hybridized carbons (Fsp3) is 0.286. The first-order valence-electron chi connectivity index (χ1n) is 9.22. The molecule has 0 saturated heterocycles. The van der Waals surface area contributed by atoms with Crippen LogP contribution in [0.25, 0.3) is 11.5 Å². The Morgan fingerprint density at radius 3 is 2.61 bits per heavy atom. The first-order valence-corrected chi connectivity index (χ1v) is 9.22. The second-order valence-corrected chi connectivity index (χ2v) is 6.33. The highest BCUT2D eigenvalue weighted by atomic mass is 16.5. The normalized spacial score (nSPS) is 10.8. The number of hydrogen-bond donors (Lipinski definition) is 1. The van der Waals surface area contributed by atoms with Crippen molar-refractivity contribution in [2.24, 2.45) is 0 Å². The Labute approximate surface area is 164 Å². The van der Waals surface area contributed by atoms with Crippen LogP contribution in [-0.2, 0) is 11.3 Å². The zero-order valence-electron chi connectivity index (χ0n) is 16.1. The lowest BCUT2D eigenvalue weighted by molar-refractivity contribution is -0.117. The van der Waals surface area contributed by atoms with Crippen LogP contribution in [0.2, 0.25) is 0 Å². The zero-order valence-corrected chi connectivity index (χ0v) is 16.1. The smallest absolute Gasteiger partial charge is 0.247 e. The molecule has 0 saturated carbocycles. The van der Waals surface area contributed by atoms with Crippen molar-refractivity contribution < 1.29 is 13.9 Å². The Morgan fingerprint density at radius 2 is 1.86 bits per heavy atom. The summed E-state index contributed by atoms with van der Waals surface area (Å²) >= 11 is 0. The summed E-state index contributed by atoms with van der Waals surface area (Å²) in [5.74, 6) is 1.46. The van der Waals surface area contributed by atoms with Gasteiger partial charge >= 0.3 is 0 Å². The van der Waals surface area contributed by atoms with E-state index >= 15 is 0 Å². The number of rotatable bonds is 9. The molecule has 3 rings (SSSR count). The summed E-state index contributed by atoms with van der Waals surface area (Å²) in [6, 6.07) is 16.9. The fourth-order valence-corrected chi connectivity index (χ4v) is 2.88. The molecular formula is C21H24N4O3. The SMILES string of the molecule is CCCN(CC(=O)Nc1ccccc1OC)Cc1nnc(-c2ccccc2)o1. The van der Waals surface area contributed by atoms with Crippen molar-refractivity contribution in [3.05, 3.63) is 60.5 Å². The molecule has 28 heavy (non-hydrogen) atoms. The lowest BCUT2D eigenvalue weighted by Crippen LogP contribution is -2.33. The minimum Gasteiger partial charge on any atom is -0.495 e. The molecule has 0 aliphatic heterocycles. The van der Waals surface area contributed by atoms with Crippen molar-refractivity contribution in [1.29, 1.82) is 0 Å². The van der Waals surface area contributed by atoms with E-state index in [1.165, 1.54) is 0 Å². The predicted octanol–water partition coefficient (Wildman–Crippen LogP) is 3.60. The van der Waals surface area contributed by atoms with Gasteiger partial charge in [0.05, 0.1) is 25.9 Å². The number of carbonyl (C=O) groups excluding carboxylic acids is 1. The van der Waals surface area contributed by atoms with Gasteiger partial charge in [-0.3, -0.25) is 9.69 Å². The van der Waals surface area contributed by atoms with E-state index in [4.69, 9.17) is 9.15 Å². The van der Waals surface area contributed by atoms with Gasteiger partial charge in [-0.1, -0.05) is 37.3 Å². The van der Waals surface area contributed by atoms with Gasteiger partial charge in [0.15, 0.2) is 0 Å². The third kappa shape index (κ3) is 5.17. The molecule has 1 aromatic heterocycles. The van der Waals surface area contributed by atoms with Crippen molar-refractivity contribution in [1.82, 2.24) is 15.1 Å². The first kappa shape index (κ1) is 19.6. The molecule has 0 aliphatic rings. The van der Waals surface area contributed by atoms with Gasteiger partial charge in [-0.2, -0.15) is 0 Å². The molecule has 146 valence electrons. The Hall–Kier alpha value is -3.19. The molecule has 0 bridgehead atoms. The van der Waals surface area contributed by atoms with Gasteiger partial charge in [0.1, 0.15) is 5.75 Å². The number of nitrogens with zero attached hydrogens (tertiary/aromatic N) is 3. The van der Waals surface area contributed by atoms with E-state index in [0.717, 1.165) is 18.5 Å². The van der Waals surface area contributed by atoms with Gasteiger partial charge in [0, 0.05) is 5.56 Å². The number of anilines is 1. The molecular weight excluding hydrogens is 356 g/mol. The highest BCUT2D eigenvalue weighted by Gasteiger charge is 2.16. The van der Waals surface area contributed by atoms with Crippen LogP contribution in [0.1, 0.15) is 19.2 Å². The van der Waals surface area contributed by atoms with Crippen molar-refractivity contribution in [3.63, 3.8) is 0 Å². The molecule has 7 heteroatoms. The number of benzene rings is 2. The minimum absolute atomic E-state index is 0.124. The van der Waals surface area contributed by atoms with Crippen molar-refractivity contribution in [2.75, 3.05) is 25.5 Å². The molecule has 1 amide bonds. The fourth-order valence-electron chi connectivity index (χ4n) is 2.88. The van der Waals surface area contributed by atoms with Crippen LogP contribution >= 0.6 is 0 Å². The summed E-state index contributed by atoms with van der Waals surface area (Å²) in [6.07, 6.45) is 0.904. The number of aromatic nitrogens is 2. The van der Waals surface area contributed by atoms with Crippen LogP contribution in [-0.4, -0.2) is 41.2 Å². The maximum absolute atomic E-state index is 12.5. The van der Waals surface area contributed by atoms with E-state index in [0.29, 0.717) is 29.8 Å². The molecule has 0 radical (unpaired) electrons. The molecule has 3 aromatic rings. The first-order chi connectivity index (χ1) is 13.7. The lowest BCUT2D eigenvalue weighted by Gasteiger charge is -2.19. The van der Waals surface area contributed by atoms with E-state index in [1.807, 2.05) is 59.5 Å². The summed E-state index contributed by atoms with van der Waals surface area (Å²) < 4.78 is 11.0. The molecule has 2 aromatic carbocycles. The Morgan fingerprint density at radius 1 is 1.11 bits per heavy atom. The highest BCUT2D eigenvalue weighted by molar-refractivity contribution is 5.93. The third-order valence-electron chi connectivity index (χ3n) is 4.13. The van der Waals surface area contributed by atoms with Gasteiger partial charge in [-0.25, -0.2) is 0 Å². The van der Waals surface area contributed by atoms with Crippen molar-refractivity contribution >= 4 is 11.6 Å². The predicted molar refractivity (Wildman–Crippen MR) is 107 cm³/mol. The largest absolute Gasteiger partial charge is 0.495 e. The average Bonchev–Trinajstić information content (AvgIpc) is 3.17. The maximum atomic E-state index is 12.5. The molecule has 0 fully saturated rings. The van der Waals surface area contributed by atoms with Crippen LogP contribution in [0.4, 0.5) is 5.69 Å². The number of para-hydroxylation sites is 2. The Bertz CT molecular complexity index is 895. The standard InChI is InChI=1S/C21H24N4O3/c1-3-13-25(14-19(26)22-17-11-7-8-12-18(17)27-2)15-20-23-24-21(28-20)16-9-5-4-6-10-16/h4-12H,3,13-15H2,1-2H3,(H,22,26). The summed E-state index contributed by atoms with van der Waals surface area (Å²) in [4.78, 5) is 14.5. The molecule has 0 unspecified atom stereocenters. The quantitative estimate of drug-likeness (QED) is 0.611. The lowest BCUT2D eigenvalue weighted by atomic mass is 10.2. The summed E-state index contributed by atoms with van der Waals surface area (Å²) in [5.41, 5.74) is 1.52. The highest BCUT2D eigenvalue weighted by Crippen LogP contribution is 2.23. The van der Waals surface area contributed by atoms with Gasteiger partial charge in [0.2, 0.25) is 17.7 Å². The number of hydrogen-bond acceptors (Lipinski definition) is 6. The average molecular weight is 380 g/mol. The van der Waals surface area contributed by atoms with Crippen molar-refractivity contribution in [2.45, 2.75) is 19.9 Å². The summed E-state index contributed by atoms with van der Waals surface area (Å²) in [5, 5.41) is 11.1. The molecule has 0 aliphatic carbocycles. The van der Waals surface area contributed by atoms with Gasteiger partial charge in [0.25, 0.3) is 0 Å². The van der Waals surface area contributed by atoms with Crippen LogP contribution in [0.3, 0.4) is 0 Å². The minimum atomic E-state index is -0.124. The maximum Gasteiger partial charge on any atom is 0.247 e. The Kier molecular flexibility index (Phi) is 6.75. The number of methoxy groups -OCH3 is 1. The number of nitrogens with one attached hydrogen (secondary N) is 1. The van der Waals surface area contributed by atoms with Crippen LogP contribution in [0, 0.1) is 0 Å². The number of carbonyl (C=O) groups is 1. The molecule has 1 heterocycles. The summed E-state index contributed by atoms with van der Waals surface area (Å²) in [6.45, 7) is 3.43. The van der Waals surface area contributed by atoms with E-state index in [9.17, 15) is 4.79 Å². The molecule has 0 atom stereocenters. The van der Waals surface area contributed by atoms with E-state index in [-0.39, 0.29) is 12.5 Å². The van der Waals surface area contributed by atoms with Gasteiger partial charge < -0.3 is 14.5 Å². The molecule has 0 spiro atoms. The number of ether oxygens (including phenoxy) is 1. The van der Waals surface area contributed by atoms with E-state index < -0.39 is 0 Å². The third-order valence-corrected chi connectivity index (χ3v) is 4.13. The van der Waals surface area contributed by atoms with E-state index in [1.54, 1.807) is 7.11 Å². The monoisotopic (exact) mass is 380 g/mol. The zero-order chi connectivity index (χ0) is 19.8. The number of amides is 1. The van der Waals surface area contributed by atoms with Crippen LogP contribution in [0.15, 0.2) is 59.0 Å². The van der Waals surface area contributed by atoms with Crippen LogP contribution < -0.4 is 10.1 Å². The van der Waals surface area contributed by atoms with Gasteiger partial charge in [-0.05, 0) is 37.2 Å². The van der Waals surface area contributed by atoms with E-state index in [2.05, 4.69) is 22.4 Å². The van der Waals surface area contributed by atoms with Crippen LogP contribution in [0.5, 0.6) is 5.75 Å². The second kappa shape index (κ2) is 9.66. The van der Waals surface area contributed by atoms with Gasteiger partial charge in [-0.15, -0.1) is 10.2 Å².